The second kappa shape index (κ2) is 8.66. The Morgan fingerprint density at radius 3 is 2.72 bits per heavy atom. The molecular weight excluding hydrogens is 340 g/mol. The van der Waals surface area contributed by atoms with Crippen molar-refractivity contribution in [3.8, 4) is 0 Å². The number of halogens is 2. The van der Waals surface area contributed by atoms with Crippen LogP contribution in [0.25, 0.3) is 6.08 Å². The molecule has 7 heteroatoms. The van der Waals surface area contributed by atoms with E-state index < -0.39 is 10.0 Å². The van der Waals surface area contributed by atoms with Gasteiger partial charge in [0.05, 0.1) is 0 Å². The lowest BCUT2D eigenvalue weighted by molar-refractivity contribution is 0.589. The summed E-state index contributed by atoms with van der Waals surface area (Å²) in [5.41, 5.74) is 6.10. The Labute approximate surface area is 122 Å². The van der Waals surface area contributed by atoms with Crippen molar-refractivity contribution in [2.45, 2.75) is 6.42 Å². The largest absolute Gasteiger partial charge is 0.330 e. The van der Waals surface area contributed by atoms with Crippen LogP contribution in [0.5, 0.6) is 0 Å². The Bertz CT molecular complexity index is 492. The summed E-state index contributed by atoms with van der Waals surface area (Å²) in [6.07, 6.45) is 2.18. The topological polar surface area (TPSA) is 72.2 Å². The Morgan fingerprint density at radius 2 is 2.11 bits per heavy atom. The molecule has 1 aromatic carbocycles. The molecule has 4 nitrogen and oxygen atoms in total. The molecule has 0 amide bonds. The van der Waals surface area contributed by atoms with Gasteiger partial charge in [0, 0.05) is 16.4 Å². The highest BCUT2D eigenvalue weighted by Crippen LogP contribution is 2.13. The second-order valence-corrected chi connectivity index (χ2v) is 6.01. The Hall–Kier alpha value is -0.400. The molecule has 1 aromatic rings. The van der Waals surface area contributed by atoms with Gasteiger partial charge >= 0.3 is 0 Å². The van der Waals surface area contributed by atoms with Gasteiger partial charge in [0.2, 0.25) is 10.0 Å². The zero-order chi connectivity index (χ0) is 12.7. The molecular formula is C11H16BrClN2O2S. The van der Waals surface area contributed by atoms with Crippen LogP contribution in [0.15, 0.2) is 34.1 Å². The number of hydrogen-bond donors (Lipinski definition) is 2. The van der Waals surface area contributed by atoms with Gasteiger partial charge in [-0.25, -0.2) is 13.1 Å². The quantitative estimate of drug-likeness (QED) is 0.768. The molecule has 1 rings (SSSR count). The van der Waals surface area contributed by atoms with Gasteiger partial charge in [-0.1, -0.05) is 28.1 Å². The zero-order valence-corrected chi connectivity index (χ0v) is 12.9. The lowest BCUT2D eigenvalue weighted by Crippen LogP contribution is -2.24. The third kappa shape index (κ3) is 7.13. The molecule has 0 unspecified atom stereocenters. The first kappa shape index (κ1) is 17.6. The average Bonchev–Trinajstić information content (AvgIpc) is 2.27. The standard InChI is InChI=1S/C11H15BrN2O2S.ClH/c12-11-4-1-3-10(9-11)5-8-17(15,16)14-7-2-6-13;/h1,3-5,8-9,14H,2,6-7,13H2;1H. The van der Waals surface area contributed by atoms with Crippen LogP contribution in [0.2, 0.25) is 0 Å². The van der Waals surface area contributed by atoms with Crippen molar-refractivity contribution in [1.82, 2.24) is 4.72 Å². The highest BCUT2D eigenvalue weighted by atomic mass is 79.9. The lowest BCUT2D eigenvalue weighted by Gasteiger charge is -2.00. The maximum absolute atomic E-state index is 11.5. The van der Waals surface area contributed by atoms with Gasteiger partial charge in [-0.3, -0.25) is 0 Å². The summed E-state index contributed by atoms with van der Waals surface area (Å²) < 4.78 is 26.4. The van der Waals surface area contributed by atoms with Crippen molar-refractivity contribution in [3.05, 3.63) is 39.7 Å². The van der Waals surface area contributed by atoms with Crippen LogP contribution < -0.4 is 10.5 Å². The van der Waals surface area contributed by atoms with Gasteiger partial charge in [0.1, 0.15) is 0 Å². The van der Waals surface area contributed by atoms with Crippen LogP contribution in [-0.2, 0) is 10.0 Å². The molecule has 102 valence electrons. The summed E-state index contributed by atoms with van der Waals surface area (Å²) in [6.45, 7) is 0.833. The molecule has 0 aliphatic carbocycles. The van der Waals surface area contributed by atoms with Crippen molar-refractivity contribution >= 4 is 44.4 Å². The molecule has 0 saturated carbocycles. The smallest absolute Gasteiger partial charge is 0.233 e. The van der Waals surface area contributed by atoms with Gasteiger partial charge in [-0.05, 0) is 36.7 Å². The summed E-state index contributed by atoms with van der Waals surface area (Å²) in [6, 6.07) is 7.39. The van der Waals surface area contributed by atoms with Crippen LogP contribution in [0, 0.1) is 0 Å². The third-order valence-electron chi connectivity index (χ3n) is 1.97. The minimum Gasteiger partial charge on any atom is -0.330 e. The monoisotopic (exact) mass is 354 g/mol. The average molecular weight is 356 g/mol. The van der Waals surface area contributed by atoms with E-state index in [2.05, 4.69) is 20.7 Å². The van der Waals surface area contributed by atoms with E-state index in [4.69, 9.17) is 5.73 Å². The lowest BCUT2D eigenvalue weighted by atomic mass is 10.2. The Balaban J connectivity index is 0.00000289. The minimum atomic E-state index is -3.37. The van der Waals surface area contributed by atoms with Crippen molar-refractivity contribution in [3.63, 3.8) is 0 Å². The van der Waals surface area contributed by atoms with E-state index in [1.54, 1.807) is 6.08 Å². The van der Waals surface area contributed by atoms with E-state index in [1.807, 2.05) is 24.3 Å². The van der Waals surface area contributed by atoms with Crippen molar-refractivity contribution < 1.29 is 8.42 Å². The molecule has 0 spiro atoms. The van der Waals surface area contributed by atoms with Gasteiger partial charge in [-0.15, -0.1) is 12.4 Å². The van der Waals surface area contributed by atoms with Crippen molar-refractivity contribution in [2.24, 2.45) is 5.73 Å². The predicted octanol–water partition coefficient (Wildman–Crippen LogP) is 2.11. The molecule has 18 heavy (non-hydrogen) atoms. The number of sulfonamides is 1. The highest BCUT2D eigenvalue weighted by molar-refractivity contribution is 9.10. The second-order valence-electron chi connectivity index (χ2n) is 3.44. The van der Waals surface area contributed by atoms with Crippen LogP contribution in [-0.4, -0.2) is 21.5 Å². The Morgan fingerprint density at radius 1 is 1.39 bits per heavy atom. The number of hydrogen-bond acceptors (Lipinski definition) is 3. The Kier molecular flexibility index (Phi) is 8.47. The van der Waals surface area contributed by atoms with E-state index in [0.29, 0.717) is 19.5 Å². The fourth-order valence-corrected chi connectivity index (χ4v) is 2.42. The van der Waals surface area contributed by atoms with Crippen molar-refractivity contribution in [2.75, 3.05) is 13.1 Å². The van der Waals surface area contributed by atoms with Gasteiger partial charge in [0.15, 0.2) is 0 Å². The van der Waals surface area contributed by atoms with Gasteiger partial charge in [-0.2, -0.15) is 0 Å². The fourth-order valence-electron chi connectivity index (χ4n) is 1.14. The van der Waals surface area contributed by atoms with E-state index in [9.17, 15) is 8.42 Å². The maximum atomic E-state index is 11.5. The fraction of sp³-hybridized carbons (Fsp3) is 0.273. The number of nitrogens with two attached hydrogens (primary N) is 1. The van der Waals surface area contributed by atoms with E-state index in [-0.39, 0.29) is 12.4 Å². The molecule has 0 aliphatic heterocycles. The first-order valence-electron chi connectivity index (χ1n) is 5.17. The first-order valence-corrected chi connectivity index (χ1v) is 7.51. The van der Waals surface area contributed by atoms with Crippen LogP contribution in [0.4, 0.5) is 0 Å². The summed E-state index contributed by atoms with van der Waals surface area (Å²) in [5.74, 6) is 0. The molecule has 0 bridgehead atoms. The SMILES string of the molecule is Cl.NCCCNS(=O)(=O)C=Cc1cccc(Br)c1. The molecule has 0 aliphatic rings. The zero-order valence-electron chi connectivity index (χ0n) is 9.67. The molecule has 0 aromatic heterocycles. The molecule has 0 atom stereocenters. The van der Waals surface area contributed by atoms with Crippen LogP contribution in [0.1, 0.15) is 12.0 Å². The normalized spacial score (nSPS) is 11.4. The maximum Gasteiger partial charge on any atom is 0.233 e. The van der Waals surface area contributed by atoms with Gasteiger partial charge in [0.25, 0.3) is 0 Å². The van der Waals surface area contributed by atoms with Crippen molar-refractivity contribution in [1.29, 1.82) is 0 Å². The molecule has 0 heterocycles. The van der Waals surface area contributed by atoms with E-state index in [0.717, 1.165) is 15.4 Å². The van der Waals surface area contributed by atoms with E-state index >= 15 is 0 Å². The van der Waals surface area contributed by atoms with Crippen LogP contribution in [0.3, 0.4) is 0 Å². The molecule has 0 saturated heterocycles. The number of nitrogens with one attached hydrogen (secondary N) is 1. The third-order valence-corrected chi connectivity index (χ3v) is 3.57. The number of benzene rings is 1. The van der Waals surface area contributed by atoms with E-state index in [1.165, 1.54) is 0 Å². The predicted molar refractivity (Wildman–Crippen MR) is 81.0 cm³/mol. The molecule has 0 fully saturated rings. The van der Waals surface area contributed by atoms with Gasteiger partial charge < -0.3 is 5.73 Å². The molecule has 0 radical (unpaired) electrons. The summed E-state index contributed by atoms with van der Waals surface area (Å²) in [7, 11) is -3.37. The van der Waals surface area contributed by atoms with Crippen LogP contribution >= 0.6 is 28.3 Å². The number of rotatable bonds is 6. The summed E-state index contributed by atoms with van der Waals surface area (Å²) in [5, 5.41) is 1.16. The highest BCUT2D eigenvalue weighted by Gasteiger charge is 2.02. The molecule has 3 N–H and O–H groups in total. The summed E-state index contributed by atoms with van der Waals surface area (Å²) >= 11 is 3.32. The first-order chi connectivity index (χ1) is 8.03. The minimum absolute atomic E-state index is 0. The summed E-state index contributed by atoms with van der Waals surface area (Å²) in [4.78, 5) is 0.